The predicted octanol–water partition coefficient (Wildman–Crippen LogP) is 3.35. The van der Waals surface area contributed by atoms with Gasteiger partial charge in [-0.05, 0) is 49.5 Å². The summed E-state index contributed by atoms with van der Waals surface area (Å²) in [5, 5.41) is 9.08. The smallest absolute Gasteiger partial charge is 0.261 e. The van der Waals surface area contributed by atoms with Gasteiger partial charge < -0.3 is 9.80 Å². The molecule has 1 fully saturated rings. The number of halogens is 1. The van der Waals surface area contributed by atoms with Gasteiger partial charge in [-0.25, -0.2) is 8.42 Å². The second-order valence-electron chi connectivity index (χ2n) is 7.21. The molecule has 7 nitrogen and oxygen atoms in total. The van der Waals surface area contributed by atoms with Crippen LogP contribution in [0.5, 0.6) is 0 Å². The van der Waals surface area contributed by atoms with Crippen molar-refractivity contribution in [3.05, 3.63) is 65.7 Å². The molecule has 0 spiro atoms. The number of hydrogen-bond acceptors (Lipinski definition) is 6. The maximum Gasteiger partial charge on any atom is 0.261 e. The molecule has 0 saturated carbocycles. The van der Waals surface area contributed by atoms with E-state index in [0.717, 1.165) is 43.3 Å². The molecular formula is C21H22ClN5O2S. The average Bonchev–Trinajstić information content (AvgIpc) is 2.75. The lowest BCUT2D eigenvalue weighted by Crippen LogP contribution is -2.44. The van der Waals surface area contributed by atoms with Crippen molar-refractivity contribution in [2.24, 2.45) is 0 Å². The van der Waals surface area contributed by atoms with Gasteiger partial charge in [0.15, 0.2) is 5.82 Å². The van der Waals surface area contributed by atoms with Gasteiger partial charge in [-0.1, -0.05) is 29.8 Å². The fourth-order valence-electron chi connectivity index (χ4n) is 3.24. The van der Waals surface area contributed by atoms with E-state index >= 15 is 0 Å². The first-order chi connectivity index (χ1) is 14.4. The van der Waals surface area contributed by atoms with Gasteiger partial charge in [0.2, 0.25) is 0 Å². The standard InChI is InChI=1S/C21H22ClN5O2S/c1-26-11-13-27(14-12-26)21-10-9-20(23-24-21)16-5-7-18(8-6-16)25-30(28,29)19-4-2-3-17(22)15-19/h2-10,15,25H,11-14H2,1H3. The summed E-state index contributed by atoms with van der Waals surface area (Å²) in [4.78, 5) is 4.63. The minimum Gasteiger partial charge on any atom is -0.353 e. The minimum atomic E-state index is -3.71. The van der Waals surface area contributed by atoms with Crippen LogP contribution in [-0.4, -0.2) is 56.7 Å². The highest BCUT2D eigenvalue weighted by Crippen LogP contribution is 2.23. The Morgan fingerprint density at radius 2 is 1.67 bits per heavy atom. The molecule has 0 aliphatic carbocycles. The Kier molecular flexibility index (Phi) is 5.90. The summed E-state index contributed by atoms with van der Waals surface area (Å²) in [6, 6.07) is 17.1. The van der Waals surface area contributed by atoms with Crippen LogP contribution in [0.2, 0.25) is 5.02 Å². The first-order valence-electron chi connectivity index (χ1n) is 9.57. The number of hydrogen-bond donors (Lipinski definition) is 1. The molecule has 2 heterocycles. The molecule has 1 aliphatic heterocycles. The lowest BCUT2D eigenvalue weighted by Gasteiger charge is -2.32. The molecule has 0 bridgehead atoms. The van der Waals surface area contributed by atoms with Crippen molar-refractivity contribution in [3.63, 3.8) is 0 Å². The second kappa shape index (κ2) is 8.59. The number of nitrogens with zero attached hydrogens (tertiary/aromatic N) is 4. The number of rotatable bonds is 5. The lowest BCUT2D eigenvalue weighted by atomic mass is 10.1. The maximum atomic E-state index is 12.5. The van der Waals surface area contributed by atoms with E-state index in [9.17, 15) is 8.42 Å². The molecule has 2 aromatic carbocycles. The van der Waals surface area contributed by atoms with Crippen molar-refractivity contribution in [2.45, 2.75) is 4.90 Å². The Balaban J connectivity index is 1.46. The van der Waals surface area contributed by atoms with Crippen molar-refractivity contribution in [1.29, 1.82) is 0 Å². The zero-order valence-electron chi connectivity index (χ0n) is 16.5. The van der Waals surface area contributed by atoms with Crippen LogP contribution < -0.4 is 9.62 Å². The molecule has 9 heteroatoms. The van der Waals surface area contributed by atoms with Gasteiger partial charge in [0.25, 0.3) is 10.0 Å². The Hall–Kier alpha value is -2.68. The average molecular weight is 444 g/mol. The summed E-state index contributed by atoms with van der Waals surface area (Å²) in [6.45, 7) is 3.89. The SMILES string of the molecule is CN1CCN(c2ccc(-c3ccc(NS(=O)(=O)c4cccc(Cl)c4)cc3)nn2)CC1. The number of likely N-dealkylation sites (N-methyl/N-ethyl adjacent to an activating group) is 1. The molecule has 30 heavy (non-hydrogen) atoms. The molecule has 1 N–H and O–H groups in total. The van der Waals surface area contributed by atoms with Gasteiger partial charge in [0, 0.05) is 42.5 Å². The Morgan fingerprint density at radius 3 is 2.30 bits per heavy atom. The van der Waals surface area contributed by atoms with Crippen LogP contribution in [-0.2, 0) is 10.0 Å². The van der Waals surface area contributed by atoms with Crippen molar-refractivity contribution < 1.29 is 8.42 Å². The van der Waals surface area contributed by atoms with Crippen LogP contribution in [0, 0.1) is 0 Å². The third-order valence-electron chi connectivity index (χ3n) is 5.02. The summed E-state index contributed by atoms with van der Waals surface area (Å²) in [6.07, 6.45) is 0. The summed E-state index contributed by atoms with van der Waals surface area (Å²) in [5.74, 6) is 0.873. The Bertz CT molecular complexity index is 1110. The van der Waals surface area contributed by atoms with Gasteiger partial charge in [-0.3, -0.25) is 4.72 Å². The van der Waals surface area contributed by atoms with E-state index < -0.39 is 10.0 Å². The first kappa shape index (κ1) is 20.6. The van der Waals surface area contributed by atoms with Crippen molar-refractivity contribution in [2.75, 3.05) is 42.8 Å². The Morgan fingerprint density at radius 1 is 0.933 bits per heavy atom. The molecule has 1 saturated heterocycles. The summed E-state index contributed by atoms with van der Waals surface area (Å²) < 4.78 is 27.6. The van der Waals surface area contributed by atoms with E-state index in [-0.39, 0.29) is 4.90 Å². The van der Waals surface area contributed by atoms with Gasteiger partial charge in [0.1, 0.15) is 0 Å². The fourth-order valence-corrected chi connectivity index (χ4v) is 4.60. The molecule has 0 amide bonds. The molecule has 3 aromatic rings. The van der Waals surface area contributed by atoms with Crippen LogP contribution >= 0.6 is 11.6 Å². The number of piperazine rings is 1. The van der Waals surface area contributed by atoms with E-state index in [0.29, 0.717) is 10.7 Å². The zero-order valence-corrected chi connectivity index (χ0v) is 18.1. The number of anilines is 2. The van der Waals surface area contributed by atoms with E-state index in [1.165, 1.54) is 12.1 Å². The van der Waals surface area contributed by atoms with Gasteiger partial charge in [-0.15, -0.1) is 10.2 Å². The van der Waals surface area contributed by atoms with Crippen LogP contribution in [0.3, 0.4) is 0 Å². The molecule has 1 aliphatic rings. The largest absolute Gasteiger partial charge is 0.353 e. The van der Waals surface area contributed by atoms with Gasteiger partial charge in [-0.2, -0.15) is 0 Å². The van der Waals surface area contributed by atoms with E-state index in [1.807, 2.05) is 24.3 Å². The number of sulfonamides is 1. The monoisotopic (exact) mass is 443 g/mol. The molecule has 4 rings (SSSR count). The van der Waals surface area contributed by atoms with Crippen LogP contribution in [0.1, 0.15) is 0 Å². The van der Waals surface area contributed by atoms with Crippen molar-refractivity contribution in [1.82, 2.24) is 15.1 Å². The van der Waals surface area contributed by atoms with E-state index in [2.05, 4.69) is 31.8 Å². The molecular weight excluding hydrogens is 422 g/mol. The predicted molar refractivity (Wildman–Crippen MR) is 119 cm³/mol. The lowest BCUT2D eigenvalue weighted by molar-refractivity contribution is 0.312. The minimum absolute atomic E-state index is 0.115. The third kappa shape index (κ3) is 4.72. The second-order valence-corrected chi connectivity index (χ2v) is 9.33. The number of benzene rings is 2. The normalized spacial score (nSPS) is 15.2. The first-order valence-corrected chi connectivity index (χ1v) is 11.4. The van der Waals surface area contributed by atoms with Crippen molar-refractivity contribution in [3.8, 4) is 11.3 Å². The molecule has 156 valence electrons. The molecule has 0 radical (unpaired) electrons. The van der Waals surface area contributed by atoms with E-state index in [1.54, 1.807) is 24.3 Å². The highest BCUT2D eigenvalue weighted by Gasteiger charge is 2.16. The summed E-state index contributed by atoms with van der Waals surface area (Å²) >= 11 is 5.90. The highest BCUT2D eigenvalue weighted by atomic mass is 35.5. The third-order valence-corrected chi connectivity index (χ3v) is 6.63. The van der Waals surface area contributed by atoms with Crippen molar-refractivity contribution >= 4 is 33.1 Å². The summed E-state index contributed by atoms with van der Waals surface area (Å²) in [7, 11) is -1.59. The van der Waals surface area contributed by atoms with Crippen LogP contribution in [0.4, 0.5) is 11.5 Å². The maximum absolute atomic E-state index is 12.5. The zero-order chi connectivity index (χ0) is 21.1. The molecule has 0 unspecified atom stereocenters. The van der Waals surface area contributed by atoms with Crippen LogP contribution in [0.15, 0.2) is 65.6 Å². The molecule has 0 atom stereocenters. The highest BCUT2D eigenvalue weighted by molar-refractivity contribution is 7.92. The van der Waals surface area contributed by atoms with Gasteiger partial charge >= 0.3 is 0 Å². The quantitative estimate of drug-likeness (QED) is 0.651. The van der Waals surface area contributed by atoms with Gasteiger partial charge in [0.05, 0.1) is 10.6 Å². The molecule has 1 aromatic heterocycles. The fraction of sp³-hybridized carbons (Fsp3) is 0.238. The Labute approximate surface area is 181 Å². The number of nitrogens with one attached hydrogen (secondary N) is 1. The number of aromatic nitrogens is 2. The van der Waals surface area contributed by atoms with Crippen LogP contribution in [0.25, 0.3) is 11.3 Å². The summed E-state index contributed by atoms with van der Waals surface area (Å²) in [5.41, 5.74) is 2.05. The van der Waals surface area contributed by atoms with E-state index in [4.69, 9.17) is 11.6 Å². The topological polar surface area (TPSA) is 78.4 Å².